The maximum absolute atomic E-state index is 9.91. The summed E-state index contributed by atoms with van der Waals surface area (Å²) in [4.78, 5) is 8.83. The molecular formula is C18H16N4O2. The van der Waals surface area contributed by atoms with Crippen molar-refractivity contribution in [3.63, 3.8) is 0 Å². The molecule has 0 saturated heterocycles. The fourth-order valence-electron chi connectivity index (χ4n) is 2.69. The van der Waals surface area contributed by atoms with Gasteiger partial charge in [-0.25, -0.2) is 4.98 Å². The molecule has 4 rings (SSSR count). The first-order valence-corrected chi connectivity index (χ1v) is 7.72. The number of phenolic OH excluding ortho intramolecular Hbond substituents is 1. The van der Waals surface area contributed by atoms with Crippen LogP contribution in [0.2, 0.25) is 0 Å². The molecule has 0 radical (unpaired) electrons. The van der Waals surface area contributed by atoms with E-state index in [4.69, 9.17) is 4.52 Å². The number of imidazole rings is 1. The Bertz CT molecular complexity index is 1020. The first kappa shape index (κ1) is 14.4. The van der Waals surface area contributed by atoms with E-state index in [1.54, 1.807) is 18.2 Å². The van der Waals surface area contributed by atoms with Gasteiger partial charge in [0.15, 0.2) is 0 Å². The molecule has 6 heteroatoms. The Hall–Kier alpha value is -3.15. The normalized spacial score (nSPS) is 11.5. The minimum absolute atomic E-state index is 0.121. The van der Waals surface area contributed by atoms with Crippen molar-refractivity contribution in [2.75, 3.05) is 0 Å². The van der Waals surface area contributed by atoms with Gasteiger partial charge in [0.1, 0.15) is 5.75 Å². The van der Waals surface area contributed by atoms with E-state index in [1.165, 1.54) is 0 Å². The van der Waals surface area contributed by atoms with Crippen LogP contribution in [0.25, 0.3) is 33.9 Å². The third-order valence-corrected chi connectivity index (χ3v) is 3.95. The molecule has 0 aliphatic carbocycles. The van der Waals surface area contributed by atoms with Crippen molar-refractivity contribution in [1.29, 1.82) is 0 Å². The lowest BCUT2D eigenvalue weighted by atomic mass is 10.2. The summed E-state index contributed by atoms with van der Waals surface area (Å²) in [6, 6.07) is 13.1. The molecule has 120 valence electrons. The van der Waals surface area contributed by atoms with Crippen LogP contribution in [0.4, 0.5) is 0 Å². The number of phenols is 1. The van der Waals surface area contributed by atoms with Gasteiger partial charge in [-0.05, 0) is 44.2 Å². The molecule has 0 atom stereocenters. The van der Waals surface area contributed by atoms with Crippen LogP contribution in [-0.2, 0) is 0 Å². The molecule has 0 aliphatic rings. The first-order chi connectivity index (χ1) is 11.6. The van der Waals surface area contributed by atoms with E-state index in [0.717, 1.165) is 16.6 Å². The van der Waals surface area contributed by atoms with Gasteiger partial charge < -0.3 is 14.2 Å². The number of aromatic nitrogens is 4. The quantitative estimate of drug-likeness (QED) is 0.616. The topological polar surface area (TPSA) is 77.0 Å². The van der Waals surface area contributed by atoms with E-state index >= 15 is 0 Å². The predicted molar refractivity (Wildman–Crippen MR) is 90.5 cm³/mol. The SMILES string of the molecule is CC(C)n1cnc2cc(-c3nc(-c4ccccc4O)no3)ccc21. The standard InChI is InChI=1S/C18H16N4O2/c1-11(2)22-10-19-14-9-12(7-8-15(14)22)18-20-17(21-24-18)13-5-3-4-6-16(13)23/h3-11,23H,1-2H3. The molecule has 0 aliphatic heterocycles. The zero-order chi connectivity index (χ0) is 16.7. The van der Waals surface area contributed by atoms with E-state index in [0.29, 0.717) is 23.3 Å². The van der Waals surface area contributed by atoms with Crippen LogP contribution in [-0.4, -0.2) is 24.8 Å². The molecule has 1 N–H and O–H groups in total. The fourth-order valence-corrected chi connectivity index (χ4v) is 2.69. The molecule has 24 heavy (non-hydrogen) atoms. The summed E-state index contributed by atoms with van der Waals surface area (Å²) >= 11 is 0. The number of hydrogen-bond acceptors (Lipinski definition) is 5. The Kier molecular flexibility index (Phi) is 3.30. The van der Waals surface area contributed by atoms with E-state index in [1.807, 2.05) is 30.6 Å². The van der Waals surface area contributed by atoms with E-state index in [9.17, 15) is 5.11 Å². The van der Waals surface area contributed by atoms with E-state index in [2.05, 4.69) is 33.5 Å². The van der Waals surface area contributed by atoms with Crippen LogP contribution >= 0.6 is 0 Å². The van der Waals surface area contributed by atoms with Crippen molar-refractivity contribution in [2.45, 2.75) is 19.9 Å². The summed E-state index contributed by atoms with van der Waals surface area (Å²) in [7, 11) is 0. The van der Waals surface area contributed by atoms with Crippen molar-refractivity contribution < 1.29 is 9.63 Å². The van der Waals surface area contributed by atoms with Gasteiger partial charge in [-0.3, -0.25) is 0 Å². The second-order valence-corrected chi connectivity index (χ2v) is 5.89. The smallest absolute Gasteiger partial charge is 0.258 e. The highest BCUT2D eigenvalue weighted by Crippen LogP contribution is 2.29. The van der Waals surface area contributed by atoms with E-state index < -0.39 is 0 Å². The van der Waals surface area contributed by atoms with Crippen molar-refractivity contribution in [1.82, 2.24) is 19.7 Å². The predicted octanol–water partition coefficient (Wildman–Crippen LogP) is 4.04. The lowest BCUT2D eigenvalue weighted by Crippen LogP contribution is -1.97. The molecule has 0 unspecified atom stereocenters. The van der Waals surface area contributed by atoms with Gasteiger partial charge in [0.2, 0.25) is 5.82 Å². The second kappa shape index (κ2) is 5.49. The zero-order valence-corrected chi connectivity index (χ0v) is 13.3. The van der Waals surface area contributed by atoms with Crippen LogP contribution in [0.3, 0.4) is 0 Å². The maximum atomic E-state index is 9.91. The molecule has 2 aromatic carbocycles. The van der Waals surface area contributed by atoms with Gasteiger partial charge >= 0.3 is 0 Å². The van der Waals surface area contributed by atoms with Crippen LogP contribution < -0.4 is 0 Å². The summed E-state index contributed by atoms with van der Waals surface area (Å²) in [6.45, 7) is 4.23. The number of nitrogens with zero attached hydrogens (tertiary/aromatic N) is 4. The molecule has 0 saturated carbocycles. The van der Waals surface area contributed by atoms with Crippen molar-refractivity contribution in [3.05, 3.63) is 48.8 Å². The molecule has 0 spiro atoms. The third-order valence-electron chi connectivity index (χ3n) is 3.95. The number of benzene rings is 2. The van der Waals surface area contributed by atoms with Crippen LogP contribution in [0, 0.1) is 0 Å². The van der Waals surface area contributed by atoms with E-state index in [-0.39, 0.29) is 5.75 Å². The minimum atomic E-state index is 0.121. The van der Waals surface area contributed by atoms with Crippen molar-refractivity contribution in [3.8, 4) is 28.6 Å². The first-order valence-electron chi connectivity index (χ1n) is 7.72. The zero-order valence-electron chi connectivity index (χ0n) is 13.3. The number of aromatic hydroxyl groups is 1. The van der Waals surface area contributed by atoms with Crippen molar-refractivity contribution in [2.24, 2.45) is 0 Å². The molecule has 6 nitrogen and oxygen atoms in total. The summed E-state index contributed by atoms with van der Waals surface area (Å²) in [5.74, 6) is 0.876. The molecule has 2 aromatic heterocycles. The molecule has 0 fully saturated rings. The molecule has 0 bridgehead atoms. The summed E-state index contributed by atoms with van der Waals surface area (Å²) in [6.07, 6.45) is 1.83. The number of para-hydroxylation sites is 1. The van der Waals surface area contributed by atoms with Gasteiger partial charge in [0, 0.05) is 11.6 Å². The largest absolute Gasteiger partial charge is 0.507 e. The van der Waals surface area contributed by atoms with Crippen LogP contribution in [0.1, 0.15) is 19.9 Å². The lowest BCUT2D eigenvalue weighted by molar-refractivity contribution is 0.431. The Morgan fingerprint density at radius 3 is 2.75 bits per heavy atom. The van der Waals surface area contributed by atoms with Crippen molar-refractivity contribution >= 4 is 11.0 Å². The van der Waals surface area contributed by atoms with Gasteiger partial charge in [0.05, 0.1) is 22.9 Å². The molecule has 4 aromatic rings. The van der Waals surface area contributed by atoms with Gasteiger partial charge in [0.25, 0.3) is 5.89 Å². The lowest BCUT2D eigenvalue weighted by Gasteiger charge is -2.07. The Balaban J connectivity index is 1.75. The second-order valence-electron chi connectivity index (χ2n) is 5.89. The monoisotopic (exact) mass is 320 g/mol. The number of fused-ring (bicyclic) bond motifs is 1. The summed E-state index contributed by atoms with van der Waals surface area (Å²) in [5.41, 5.74) is 3.28. The average Bonchev–Trinajstić information content (AvgIpc) is 3.21. The third kappa shape index (κ3) is 2.32. The highest BCUT2D eigenvalue weighted by molar-refractivity contribution is 5.80. The van der Waals surface area contributed by atoms with Crippen LogP contribution in [0.5, 0.6) is 5.75 Å². The Labute approximate surface area is 138 Å². The van der Waals surface area contributed by atoms with Gasteiger partial charge in [-0.1, -0.05) is 17.3 Å². The Morgan fingerprint density at radius 1 is 1.12 bits per heavy atom. The molecule has 2 heterocycles. The fraction of sp³-hybridized carbons (Fsp3) is 0.167. The van der Waals surface area contributed by atoms with Gasteiger partial charge in [-0.15, -0.1) is 0 Å². The van der Waals surface area contributed by atoms with Crippen LogP contribution in [0.15, 0.2) is 53.3 Å². The average molecular weight is 320 g/mol. The number of hydrogen-bond donors (Lipinski definition) is 1. The summed E-state index contributed by atoms with van der Waals surface area (Å²) in [5, 5.41) is 13.9. The molecule has 0 amide bonds. The highest BCUT2D eigenvalue weighted by Gasteiger charge is 2.14. The van der Waals surface area contributed by atoms with Gasteiger partial charge in [-0.2, -0.15) is 4.98 Å². The maximum Gasteiger partial charge on any atom is 0.258 e. The highest BCUT2D eigenvalue weighted by atomic mass is 16.5. The molecular weight excluding hydrogens is 304 g/mol. The summed E-state index contributed by atoms with van der Waals surface area (Å²) < 4.78 is 7.47. The number of rotatable bonds is 3. The minimum Gasteiger partial charge on any atom is -0.507 e. The Morgan fingerprint density at radius 2 is 1.96 bits per heavy atom.